The maximum absolute atomic E-state index is 11.6. The molecule has 0 aromatic carbocycles. The molecule has 1 amide bonds. The molecule has 0 radical (unpaired) electrons. The summed E-state index contributed by atoms with van der Waals surface area (Å²) in [5, 5.41) is 6.27. The lowest BCUT2D eigenvalue weighted by Gasteiger charge is -2.21. The van der Waals surface area contributed by atoms with E-state index in [-0.39, 0.29) is 18.0 Å². The first-order valence-electron chi connectivity index (χ1n) is 6.03. The van der Waals surface area contributed by atoms with Crippen LogP contribution in [0.15, 0.2) is 0 Å². The van der Waals surface area contributed by atoms with Gasteiger partial charge in [-0.05, 0) is 26.3 Å². The number of carbonyl (C=O) groups excluding carboxylic acids is 1. The lowest BCUT2D eigenvalue weighted by molar-refractivity contribution is -0.122. The number of amides is 1. The molecule has 0 aliphatic rings. The van der Waals surface area contributed by atoms with Gasteiger partial charge in [-0.3, -0.25) is 4.79 Å². The summed E-state index contributed by atoms with van der Waals surface area (Å²) in [7, 11) is 0. The van der Waals surface area contributed by atoms with E-state index in [1.807, 2.05) is 6.92 Å². The van der Waals surface area contributed by atoms with Crippen molar-refractivity contribution < 1.29 is 4.79 Å². The Morgan fingerprint density at radius 2 is 1.80 bits per heavy atom. The lowest BCUT2D eigenvalue weighted by atomic mass is 10.0. The molecule has 0 bridgehead atoms. The SMILES string of the molecule is CCNC(C)CC(=O)NC(C)C(C)CC. The number of rotatable bonds is 7. The second kappa shape index (κ2) is 7.69. The van der Waals surface area contributed by atoms with Gasteiger partial charge in [-0.15, -0.1) is 0 Å². The van der Waals surface area contributed by atoms with E-state index in [1.54, 1.807) is 0 Å². The highest BCUT2D eigenvalue weighted by molar-refractivity contribution is 5.76. The first-order chi connectivity index (χ1) is 7.01. The Morgan fingerprint density at radius 3 is 2.27 bits per heavy atom. The van der Waals surface area contributed by atoms with Crippen LogP contribution in [-0.4, -0.2) is 24.5 Å². The van der Waals surface area contributed by atoms with Crippen molar-refractivity contribution in [3.63, 3.8) is 0 Å². The van der Waals surface area contributed by atoms with Gasteiger partial charge in [0, 0.05) is 18.5 Å². The summed E-state index contributed by atoms with van der Waals surface area (Å²) < 4.78 is 0. The van der Waals surface area contributed by atoms with E-state index in [2.05, 4.69) is 38.3 Å². The quantitative estimate of drug-likeness (QED) is 0.680. The van der Waals surface area contributed by atoms with Gasteiger partial charge in [-0.25, -0.2) is 0 Å². The van der Waals surface area contributed by atoms with Crippen LogP contribution in [0.1, 0.15) is 47.5 Å². The number of hydrogen-bond donors (Lipinski definition) is 2. The second-order valence-electron chi connectivity index (χ2n) is 4.40. The van der Waals surface area contributed by atoms with Gasteiger partial charge in [0.25, 0.3) is 0 Å². The van der Waals surface area contributed by atoms with Crippen LogP contribution in [0.25, 0.3) is 0 Å². The molecule has 0 fully saturated rings. The number of carbonyl (C=O) groups is 1. The maximum Gasteiger partial charge on any atom is 0.221 e. The highest BCUT2D eigenvalue weighted by atomic mass is 16.1. The molecule has 0 rings (SSSR count). The fourth-order valence-electron chi connectivity index (χ4n) is 1.51. The van der Waals surface area contributed by atoms with Crippen molar-refractivity contribution >= 4 is 5.91 Å². The Hall–Kier alpha value is -0.570. The molecule has 15 heavy (non-hydrogen) atoms. The highest BCUT2D eigenvalue weighted by Crippen LogP contribution is 2.06. The third kappa shape index (κ3) is 6.50. The van der Waals surface area contributed by atoms with Crippen LogP contribution in [0.3, 0.4) is 0 Å². The third-order valence-electron chi connectivity index (χ3n) is 2.93. The van der Waals surface area contributed by atoms with E-state index in [0.717, 1.165) is 13.0 Å². The summed E-state index contributed by atoms with van der Waals surface area (Å²) in [6.07, 6.45) is 1.67. The smallest absolute Gasteiger partial charge is 0.221 e. The molecule has 0 saturated carbocycles. The van der Waals surface area contributed by atoms with E-state index in [4.69, 9.17) is 0 Å². The molecule has 3 nitrogen and oxygen atoms in total. The number of hydrogen-bond acceptors (Lipinski definition) is 2. The van der Waals surface area contributed by atoms with Gasteiger partial charge >= 0.3 is 0 Å². The van der Waals surface area contributed by atoms with Crippen LogP contribution in [0.5, 0.6) is 0 Å². The van der Waals surface area contributed by atoms with Crippen molar-refractivity contribution in [3.8, 4) is 0 Å². The zero-order valence-electron chi connectivity index (χ0n) is 10.8. The summed E-state index contributed by atoms with van der Waals surface area (Å²) in [6.45, 7) is 11.4. The maximum atomic E-state index is 11.6. The summed E-state index contributed by atoms with van der Waals surface area (Å²) in [4.78, 5) is 11.6. The van der Waals surface area contributed by atoms with Crippen molar-refractivity contribution in [3.05, 3.63) is 0 Å². The Balaban J connectivity index is 3.82. The number of nitrogens with one attached hydrogen (secondary N) is 2. The molecule has 0 heterocycles. The van der Waals surface area contributed by atoms with Gasteiger partial charge in [0.1, 0.15) is 0 Å². The van der Waals surface area contributed by atoms with E-state index in [9.17, 15) is 4.79 Å². The predicted molar refractivity (Wildman–Crippen MR) is 64.8 cm³/mol. The van der Waals surface area contributed by atoms with Gasteiger partial charge in [0.05, 0.1) is 0 Å². The fraction of sp³-hybridized carbons (Fsp3) is 0.917. The van der Waals surface area contributed by atoms with Crippen molar-refractivity contribution in [1.82, 2.24) is 10.6 Å². The molecule has 2 N–H and O–H groups in total. The molecular weight excluding hydrogens is 188 g/mol. The minimum atomic E-state index is 0.149. The van der Waals surface area contributed by atoms with Gasteiger partial charge < -0.3 is 10.6 Å². The molecule has 3 unspecified atom stereocenters. The molecule has 3 heteroatoms. The van der Waals surface area contributed by atoms with Crippen molar-refractivity contribution in [1.29, 1.82) is 0 Å². The Bertz CT molecular complexity index is 182. The zero-order chi connectivity index (χ0) is 11.8. The summed E-state index contributed by atoms with van der Waals surface area (Å²) in [5.74, 6) is 0.694. The molecule has 0 saturated heterocycles. The molecule has 0 aliphatic heterocycles. The minimum Gasteiger partial charge on any atom is -0.353 e. The molecule has 90 valence electrons. The predicted octanol–water partition coefficient (Wildman–Crippen LogP) is 1.93. The zero-order valence-corrected chi connectivity index (χ0v) is 10.8. The molecule has 0 spiro atoms. The van der Waals surface area contributed by atoms with Crippen molar-refractivity contribution in [2.75, 3.05) is 6.54 Å². The normalized spacial score (nSPS) is 16.9. The van der Waals surface area contributed by atoms with Crippen LogP contribution >= 0.6 is 0 Å². The van der Waals surface area contributed by atoms with Crippen molar-refractivity contribution in [2.24, 2.45) is 5.92 Å². The van der Waals surface area contributed by atoms with Gasteiger partial charge in [0.15, 0.2) is 0 Å². The van der Waals surface area contributed by atoms with E-state index in [1.165, 1.54) is 0 Å². The lowest BCUT2D eigenvalue weighted by Crippen LogP contribution is -2.40. The van der Waals surface area contributed by atoms with E-state index < -0.39 is 0 Å². The summed E-state index contributed by atoms with van der Waals surface area (Å²) in [5.41, 5.74) is 0. The monoisotopic (exact) mass is 214 g/mol. The Morgan fingerprint density at radius 1 is 1.20 bits per heavy atom. The van der Waals surface area contributed by atoms with Crippen LogP contribution < -0.4 is 10.6 Å². The van der Waals surface area contributed by atoms with Crippen LogP contribution in [0, 0.1) is 5.92 Å². The molecular formula is C12H26N2O. The Kier molecular flexibility index (Phi) is 7.39. The average Bonchev–Trinajstić information content (AvgIpc) is 2.16. The molecule has 0 aromatic heterocycles. The Labute approximate surface area is 94.0 Å². The third-order valence-corrected chi connectivity index (χ3v) is 2.93. The van der Waals surface area contributed by atoms with Gasteiger partial charge in [0.2, 0.25) is 5.91 Å². The first-order valence-corrected chi connectivity index (χ1v) is 6.03. The first kappa shape index (κ1) is 14.4. The van der Waals surface area contributed by atoms with Gasteiger partial charge in [-0.2, -0.15) is 0 Å². The topological polar surface area (TPSA) is 41.1 Å². The highest BCUT2D eigenvalue weighted by Gasteiger charge is 2.14. The molecule has 0 aliphatic carbocycles. The molecule has 3 atom stereocenters. The average molecular weight is 214 g/mol. The van der Waals surface area contributed by atoms with Crippen LogP contribution in [0.2, 0.25) is 0 Å². The van der Waals surface area contributed by atoms with E-state index in [0.29, 0.717) is 12.3 Å². The minimum absolute atomic E-state index is 0.149. The van der Waals surface area contributed by atoms with E-state index >= 15 is 0 Å². The summed E-state index contributed by atoms with van der Waals surface area (Å²) in [6, 6.07) is 0.537. The fourth-order valence-corrected chi connectivity index (χ4v) is 1.51. The standard InChI is InChI=1S/C12H26N2O/c1-6-9(3)11(5)14-12(15)8-10(4)13-7-2/h9-11,13H,6-8H2,1-5H3,(H,14,15). The summed E-state index contributed by atoms with van der Waals surface area (Å²) >= 11 is 0. The van der Waals surface area contributed by atoms with Crippen molar-refractivity contribution in [2.45, 2.75) is 59.5 Å². The second-order valence-corrected chi connectivity index (χ2v) is 4.40. The largest absolute Gasteiger partial charge is 0.353 e. The van der Waals surface area contributed by atoms with Gasteiger partial charge in [-0.1, -0.05) is 27.2 Å². The molecule has 0 aromatic rings. The van der Waals surface area contributed by atoms with Crippen LogP contribution in [0.4, 0.5) is 0 Å². The van der Waals surface area contributed by atoms with Crippen LogP contribution in [-0.2, 0) is 4.79 Å².